The van der Waals surface area contributed by atoms with Crippen LogP contribution in [0.2, 0.25) is 0 Å². The second-order valence-electron chi connectivity index (χ2n) is 7.66. The standard InChI is InChI=1S/C23H20FN3O3.C2HF3O2/c1-3-19-17-10-11-27(16-7-4-14(5-8-16)12-21(28)29)23(17)26-22(25-19)15-6-9-20(30-2)18(24)13-15;3-2(4,5)1(6)7/h4-11,13H,3,12H2,1-2H3,(H,28,29);(H,6,7). The highest BCUT2D eigenvalue weighted by Crippen LogP contribution is 2.28. The van der Waals surface area contributed by atoms with E-state index in [4.69, 9.17) is 24.7 Å². The van der Waals surface area contributed by atoms with Crippen LogP contribution in [0.25, 0.3) is 28.1 Å². The van der Waals surface area contributed by atoms with Crippen molar-refractivity contribution in [1.29, 1.82) is 0 Å². The molecule has 0 spiro atoms. The maximum Gasteiger partial charge on any atom is 0.490 e. The summed E-state index contributed by atoms with van der Waals surface area (Å²) in [6, 6.07) is 13.9. The topological polar surface area (TPSA) is 115 Å². The Kier molecular flexibility index (Phi) is 8.11. The van der Waals surface area contributed by atoms with Crippen LogP contribution < -0.4 is 4.74 Å². The molecule has 2 aromatic carbocycles. The summed E-state index contributed by atoms with van der Waals surface area (Å²) in [5.74, 6) is -3.50. The van der Waals surface area contributed by atoms with Crippen molar-refractivity contribution in [2.24, 2.45) is 0 Å². The molecule has 4 rings (SSSR count). The van der Waals surface area contributed by atoms with E-state index in [-0.39, 0.29) is 12.2 Å². The Bertz CT molecular complexity index is 1430. The molecule has 2 aromatic heterocycles. The minimum Gasteiger partial charge on any atom is -0.494 e. The lowest BCUT2D eigenvalue weighted by Crippen LogP contribution is -2.21. The second-order valence-corrected chi connectivity index (χ2v) is 7.66. The number of hydrogen-bond acceptors (Lipinski definition) is 5. The van der Waals surface area contributed by atoms with Crippen LogP contribution in [0, 0.1) is 5.82 Å². The van der Waals surface area contributed by atoms with Crippen molar-refractivity contribution in [1.82, 2.24) is 14.5 Å². The number of carboxylic acids is 2. The Balaban J connectivity index is 0.000000479. The largest absolute Gasteiger partial charge is 0.494 e. The van der Waals surface area contributed by atoms with Gasteiger partial charge in [-0.1, -0.05) is 19.1 Å². The summed E-state index contributed by atoms with van der Waals surface area (Å²) >= 11 is 0. The van der Waals surface area contributed by atoms with Gasteiger partial charge >= 0.3 is 18.1 Å². The first-order valence-electron chi connectivity index (χ1n) is 10.8. The molecule has 4 aromatic rings. The Morgan fingerprint density at radius 1 is 1.03 bits per heavy atom. The Morgan fingerprint density at radius 2 is 1.68 bits per heavy atom. The Hall–Kier alpha value is -4.48. The van der Waals surface area contributed by atoms with E-state index < -0.39 is 23.9 Å². The normalized spacial score (nSPS) is 11.1. The van der Waals surface area contributed by atoms with Crippen LogP contribution in [-0.2, 0) is 22.4 Å². The predicted molar refractivity (Wildman–Crippen MR) is 125 cm³/mol. The van der Waals surface area contributed by atoms with Crippen molar-refractivity contribution in [3.8, 4) is 22.8 Å². The fourth-order valence-corrected chi connectivity index (χ4v) is 3.44. The first kappa shape index (κ1) is 27.1. The average Bonchev–Trinajstić information content (AvgIpc) is 3.27. The van der Waals surface area contributed by atoms with Gasteiger partial charge in [0.15, 0.2) is 17.4 Å². The van der Waals surface area contributed by atoms with Gasteiger partial charge in [0.2, 0.25) is 0 Å². The van der Waals surface area contributed by atoms with Crippen molar-refractivity contribution in [3.63, 3.8) is 0 Å². The van der Waals surface area contributed by atoms with Gasteiger partial charge in [-0.2, -0.15) is 13.2 Å². The number of nitrogens with zero attached hydrogens (tertiary/aromatic N) is 3. The fourth-order valence-electron chi connectivity index (χ4n) is 3.44. The molecule has 0 fully saturated rings. The predicted octanol–water partition coefficient (Wildman–Crippen LogP) is 5.06. The molecule has 0 aliphatic carbocycles. The van der Waals surface area contributed by atoms with Crippen molar-refractivity contribution >= 4 is 23.0 Å². The number of aryl methyl sites for hydroxylation is 1. The van der Waals surface area contributed by atoms with Gasteiger partial charge in [-0.15, -0.1) is 0 Å². The summed E-state index contributed by atoms with van der Waals surface area (Å²) in [5.41, 5.74) is 3.72. The van der Waals surface area contributed by atoms with Gasteiger partial charge in [0.1, 0.15) is 5.65 Å². The van der Waals surface area contributed by atoms with Gasteiger partial charge in [0.05, 0.1) is 19.2 Å². The van der Waals surface area contributed by atoms with Crippen LogP contribution in [0.3, 0.4) is 0 Å². The maximum absolute atomic E-state index is 14.2. The van der Waals surface area contributed by atoms with Crippen LogP contribution in [0.15, 0.2) is 54.7 Å². The third kappa shape index (κ3) is 6.40. The molecule has 0 aliphatic heterocycles. The van der Waals surface area contributed by atoms with Gasteiger partial charge in [0, 0.05) is 22.8 Å². The van der Waals surface area contributed by atoms with Gasteiger partial charge in [0.25, 0.3) is 0 Å². The number of halogens is 4. The minimum absolute atomic E-state index is 0.0258. The van der Waals surface area contributed by atoms with Crippen LogP contribution in [0.4, 0.5) is 17.6 Å². The van der Waals surface area contributed by atoms with E-state index in [9.17, 15) is 22.4 Å². The molecule has 0 atom stereocenters. The zero-order valence-corrected chi connectivity index (χ0v) is 19.6. The summed E-state index contributed by atoms with van der Waals surface area (Å²) in [4.78, 5) is 29.2. The maximum atomic E-state index is 14.2. The monoisotopic (exact) mass is 519 g/mol. The zero-order valence-electron chi connectivity index (χ0n) is 19.6. The van der Waals surface area contributed by atoms with E-state index >= 15 is 0 Å². The van der Waals surface area contributed by atoms with E-state index in [0.29, 0.717) is 23.5 Å². The number of aromatic nitrogens is 3. The van der Waals surface area contributed by atoms with Crippen LogP contribution in [0.5, 0.6) is 5.75 Å². The second kappa shape index (κ2) is 11.1. The molecular weight excluding hydrogens is 498 g/mol. The van der Waals surface area contributed by atoms with E-state index in [1.807, 2.05) is 35.9 Å². The third-order valence-corrected chi connectivity index (χ3v) is 5.18. The quantitative estimate of drug-likeness (QED) is 0.342. The number of hydrogen-bond donors (Lipinski definition) is 2. The number of ether oxygens (including phenoxy) is 1. The molecule has 0 bridgehead atoms. The molecule has 12 heteroatoms. The first-order chi connectivity index (χ1) is 17.4. The van der Waals surface area contributed by atoms with Crippen LogP contribution in [-0.4, -0.2) is 50.0 Å². The number of alkyl halides is 3. The number of benzene rings is 2. The van der Waals surface area contributed by atoms with Crippen LogP contribution in [0.1, 0.15) is 18.2 Å². The van der Waals surface area contributed by atoms with Gasteiger partial charge in [-0.3, -0.25) is 4.79 Å². The summed E-state index contributed by atoms with van der Waals surface area (Å²) < 4.78 is 52.9. The van der Waals surface area contributed by atoms with E-state index in [1.165, 1.54) is 13.2 Å². The van der Waals surface area contributed by atoms with Gasteiger partial charge < -0.3 is 19.5 Å². The Morgan fingerprint density at radius 3 is 2.19 bits per heavy atom. The molecule has 0 saturated heterocycles. The van der Waals surface area contributed by atoms with Crippen molar-refractivity contribution < 1.29 is 42.1 Å². The number of fused-ring (bicyclic) bond motifs is 1. The van der Waals surface area contributed by atoms with E-state index in [2.05, 4.69) is 4.98 Å². The zero-order chi connectivity index (χ0) is 27.3. The van der Waals surface area contributed by atoms with E-state index in [0.717, 1.165) is 22.3 Å². The van der Waals surface area contributed by atoms with Crippen molar-refractivity contribution in [2.75, 3.05) is 7.11 Å². The third-order valence-electron chi connectivity index (χ3n) is 5.18. The SMILES string of the molecule is CCc1nc(-c2ccc(OC)c(F)c2)nc2c1ccn2-c1ccc(CC(=O)O)cc1.O=C(O)C(F)(F)F. The molecule has 0 aliphatic rings. The highest BCUT2D eigenvalue weighted by atomic mass is 19.4. The lowest BCUT2D eigenvalue weighted by molar-refractivity contribution is -0.192. The molecule has 0 amide bonds. The average molecular weight is 519 g/mol. The molecule has 0 saturated carbocycles. The minimum atomic E-state index is -5.08. The van der Waals surface area contributed by atoms with Gasteiger partial charge in [-0.05, 0) is 48.4 Å². The highest BCUT2D eigenvalue weighted by molar-refractivity contribution is 5.82. The molecule has 0 radical (unpaired) electrons. The Labute approximate surface area is 207 Å². The van der Waals surface area contributed by atoms with Crippen molar-refractivity contribution in [2.45, 2.75) is 25.9 Å². The smallest absolute Gasteiger partial charge is 0.490 e. The number of methoxy groups -OCH3 is 1. The highest BCUT2D eigenvalue weighted by Gasteiger charge is 2.38. The molecule has 2 heterocycles. The first-order valence-corrected chi connectivity index (χ1v) is 10.8. The molecule has 194 valence electrons. The van der Waals surface area contributed by atoms with E-state index in [1.54, 1.807) is 24.3 Å². The number of carboxylic acid groups (broad SMARTS) is 2. The van der Waals surface area contributed by atoms with Crippen LogP contribution >= 0.6 is 0 Å². The number of aliphatic carboxylic acids is 2. The number of rotatable bonds is 6. The summed E-state index contributed by atoms with van der Waals surface area (Å²) in [6.45, 7) is 2.01. The lowest BCUT2D eigenvalue weighted by atomic mass is 10.1. The van der Waals surface area contributed by atoms with Crippen molar-refractivity contribution in [3.05, 3.63) is 71.8 Å². The fraction of sp³-hybridized carbons (Fsp3) is 0.200. The molecular formula is C25H21F4N3O5. The molecule has 8 nitrogen and oxygen atoms in total. The summed E-state index contributed by atoms with van der Waals surface area (Å²) in [5, 5.41) is 17.0. The molecule has 37 heavy (non-hydrogen) atoms. The lowest BCUT2D eigenvalue weighted by Gasteiger charge is -2.10. The molecule has 0 unspecified atom stereocenters. The molecule has 2 N–H and O–H groups in total. The summed E-state index contributed by atoms with van der Waals surface area (Å²) in [6.07, 6.45) is -2.50. The number of carbonyl (C=O) groups is 2. The summed E-state index contributed by atoms with van der Waals surface area (Å²) in [7, 11) is 1.42. The van der Waals surface area contributed by atoms with Gasteiger partial charge in [-0.25, -0.2) is 19.2 Å².